The molecule has 0 saturated carbocycles. The Morgan fingerprint density at radius 3 is 2.56 bits per heavy atom. The summed E-state index contributed by atoms with van der Waals surface area (Å²) in [5, 5.41) is 2.98. The van der Waals surface area contributed by atoms with Gasteiger partial charge in [0, 0.05) is 42.4 Å². The summed E-state index contributed by atoms with van der Waals surface area (Å²) in [6.45, 7) is 1.07. The molecule has 0 fully saturated rings. The Hall–Kier alpha value is -3.36. The van der Waals surface area contributed by atoms with Gasteiger partial charge in [0.1, 0.15) is 5.58 Å². The summed E-state index contributed by atoms with van der Waals surface area (Å²) >= 11 is 0. The van der Waals surface area contributed by atoms with E-state index in [9.17, 15) is 27.6 Å². The second-order valence-corrected chi connectivity index (χ2v) is 5.86. The highest BCUT2D eigenvalue weighted by molar-refractivity contribution is 5.92. The Morgan fingerprint density at radius 2 is 1.89 bits per heavy atom. The first-order valence-corrected chi connectivity index (χ1v) is 7.75. The Kier molecular flexibility index (Phi) is 4.61. The molecule has 6 nitrogen and oxygen atoms in total. The van der Waals surface area contributed by atoms with Crippen LogP contribution in [0.3, 0.4) is 0 Å². The van der Waals surface area contributed by atoms with Crippen LogP contribution in [-0.2, 0) is 17.5 Å². The molecule has 2 aromatic heterocycles. The summed E-state index contributed by atoms with van der Waals surface area (Å²) in [5.41, 5.74) is -1.48. The molecule has 0 spiro atoms. The summed E-state index contributed by atoms with van der Waals surface area (Å²) in [7, 11) is 0. The van der Waals surface area contributed by atoms with Gasteiger partial charge >= 0.3 is 11.8 Å². The predicted molar refractivity (Wildman–Crippen MR) is 91.6 cm³/mol. The number of carbonyl (C=O) groups is 1. The van der Waals surface area contributed by atoms with Crippen molar-refractivity contribution in [2.75, 3.05) is 5.32 Å². The van der Waals surface area contributed by atoms with Gasteiger partial charge in [-0.05, 0) is 23.8 Å². The topological polar surface area (TPSA) is 81.3 Å². The van der Waals surface area contributed by atoms with Gasteiger partial charge in [-0.2, -0.15) is 13.2 Å². The lowest BCUT2D eigenvalue weighted by atomic mass is 10.1. The average Bonchev–Trinajstić information content (AvgIpc) is 2.54. The molecule has 1 N–H and O–H groups in total. The van der Waals surface area contributed by atoms with Crippen molar-refractivity contribution in [2.24, 2.45) is 0 Å². The number of anilines is 1. The Bertz CT molecular complexity index is 1150. The molecule has 9 heteroatoms. The molecular formula is C18H13F3N2O4. The minimum Gasteiger partial charge on any atom is -0.423 e. The van der Waals surface area contributed by atoms with E-state index in [4.69, 9.17) is 4.42 Å². The molecule has 0 saturated heterocycles. The normalized spacial score (nSPS) is 11.6. The zero-order chi connectivity index (χ0) is 19.8. The monoisotopic (exact) mass is 378 g/mol. The van der Waals surface area contributed by atoms with Crippen molar-refractivity contribution in [1.82, 2.24) is 4.57 Å². The molecule has 0 aliphatic heterocycles. The number of amides is 1. The molecule has 27 heavy (non-hydrogen) atoms. The lowest BCUT2D eigenvalue weighted by molar-refractivity contribution is -0.138. The van der Waals surface area contributed by atoms with Gasteiger partial charge in [-0.3, -0.25) is 9.59 Å². The number of halogens is 3. The number of fused-ring (bicyclic) bond motifs is 1. The van der Waals surface area contributed by atoms with E-state index >= 15 is 0 Å². The maximum absolute atomic E-state index is 12.9. The highest BCUT2D eigenvalue weighted by Crippen LogP contribution is 2.28. The molecule has 0 aliphatic rings. The maximum atomic E-state index is 12.9. The van der Waals surface area contributed by atoms with Crippen LogP contribution in [0.1, 0.15) is 18.1 Å². The first-order valence-electron chi connectivity index (χ1n) is 7.75. The van der Waals surface area contributed by atoms with Gasteiger partial charge in [-0.1, -0.05) is 0 Å². The van der Waals surface area contributed by atoms with Gasteiger partial charge in [0.2, 0.25) is 5.91 Å². The average molecular weight is 378 g/mol. The minimum absolute atomic E-state index is 0.142. The summed E-state index contributed by atoms with van der Waals surface area (Å²) in [6.07, 6.45) is -3.89. The van der Waals surface area contributed by atoms with Crippen molar-refractivity contribution in [3.05, 3.63) is 74.5 Å². The van der Waals surface area contributed by atoms with E-state index in [1.54, 1.807) is 12.1 Å². The predicted octanol–water partition coefficient (Wildman–Crippen LogP) is 2.98. The van der Waals surface area contributed by atoms with Gasteiger partial charge < -0.3 is 14.3 Å². The first kappa shape index (κ1) is 18.4. The van der Waals surface area contributed by atoms with Crippen LogP contribution < -0.4 is 16.5 Å². The molecular weight excluding hydrogens is 365 g/mol. The largest absolute Gasteiger partial charge is 0.423 e. The number of nitrogens with one attached hydrogen (secondary N) is 1. The third-order valence-electron chi connectivity index (χ3n) is 3.80. The van der Waals surface area contributed by atoms with Crippen LogP contribution in [0.5, 0.6) is 0 Å². The maximum Gasteiger partial charge on any atom is 0.417 e. The van der Waals surface area contributed by atoms with Crippen LogP contribution in [0.4, 0.5) is 18.9 Å². The lowest BCUT2D eigenvalue weighted by Crippen LogP contribution is -2.22. The number of nitrogens with zero attached hydrogens (tertiary/aromatic N) is 1. The van der Waals surface area contributed by atoms with Crippen LogP contribution in [0, 0.1) is 0 Å². The second kappa shape index (κ2) is 6.75. The molecule has 3 rings (SSSR count). The molecule has 0 atom stereocenters. The lowest BCUT2D eigenvalue weighted by Gasteiger charge is -2.12. The molecule has 1 amide bonds. The summed E-state index contributed by atoms with van der Waals surface area (Å²) < 4.78 is 44.6. The fourth-order valence-corrected chi connectivity index (χ4v) is 2.65. The Morgan fingerprint density at radius 1 is 1.15 bits per heavy atom. The summed E-state index contributed by atoms with van der Waals surface area (Å²) in [6, 6.07) is 7.19. The SMILES string of the molecule is CC(=O)Nc1ccc2c(Cn3cc(C(F)(F)F)ccc3=O)cc(=O)oc2c1. The van der Waals surface area contributed by atoms with Crippen molar-refractivity contribution < 1.29 is 22.4 Å². The van der Waals surface area contributed by atoms with E-state index < -0.39 is 22.9 Å². The molecule has 140 valence electrons. The fraction of sp³-hybridized carbons (Fsp3) is 0.167. The van der Waals surface area contributed by atoms with Crippen molar-refractivity contribution in [3.8, 4) is 0 Å². The van der Waals surface area contributed by atoms with Crippen LogP contribution in [-0.4, -0.2) is 10.5 Å². The van der Waals surface area contributed by atoms with Gasteiger partial charge in [0.25, 0.3) is 5.56 Å². The number of pyridine rings is 1. The summed E-state index contributed by atoms with van der Waals surface area (Å²) in [5.74, 6) is -0.316. The highest BCUT2D eigenvalue weighted by Gasteiger charge is 2.31. The van der Waals surface area contributed by atoms with E-state index in [-0.39, 0.29) is 18.0 Å². The third kappa shape index (κ3) is 4.08. The number of rotatable bonds is 3. The number of aromatic nitrogens is 1. The number of benzene rings is 1. The van der Waals surface area contributed by atoms with Crippen LogP contribution in [0.2, 0.25) is 0 Å². The minimum atomic E-state index is -4.60. The smallest absolute Gasteiger partial charge is 0.417 e. The van der Waals surface area contributed by atoms with E-state index in [1.807, 2.05) is 0 Å². The Labute approximate surface area is 149 Å². The van der Waals surface area contributed by atoms with E-state index in [0.717, 1.165) is 16.7 Å². The van der Waals surface area contributed by atoms with Gasteiger partial charge in [0.05, 0.1) is 12.1 Å². The zero-order valence-corrected chi connectivity index (χ0v) is 14.0. The fourth-order valence-electron chi connectivity index (χ4n) is 2.65. The van der Waals surface area contributed by atoms with E-state index in [2.05, 4.69) is 5.32 Å². The van der Waals surface area contributed by atoms with Crippen molar-refractivity contribution in [2.45, 2.75) is 19.6 Å². The standard InChI is InChI=1S/C18H13F3N2O4/c1-10(24)22-13-3-4-14-11(6-17(26)27-15(14)7-13)8-23-9-12(18(19,20)21)2-5-16(23)25/h2-7,9H,8H2,1H3,(H,22,24). The molecule has 0 radical (unpaired) electrons. The van der Waals surface area contributed by atoms with Crippen LogP contribution in [0.15, 0.2) is 56.6 Å². The zero-order valence-electron chi connectivity index (χ0n) is 14.0. The van der Waals surface area contributed by atoms with Crippen molar-refractivity contribution in [3.63, 3.8) is 0 Å². The van der Waals surface area contributed by atoms with Gasteiger partial charge in [0.15, 0.2) is 0 Å². The molecule has 0 aliphatic carbocycles. The second-order valence-electron chi connectivity index (χ2n) is 5.86. The summed E-state index contributed by atoms with van der Waals surface area (Å²) in [4.78, 5) is 34.9. The van der Waals surface area contributed by atoms with Gasteiger partial charge in [-0.25, -0.2) is 4.79 Å². The van der Waals surface area contributed by atoms with E-state index in [1.165, 1.54) is 13.0 Å². The van der Waals surface area contributed by atoms with E-state index in [0.29, 0.717) is 28.9 Å². The van der Waals surface area contributed by atoms with Crippen LogP contribution >= 0.6 is 0 Å². The van der Waals surface area contributed by atoms with Gasteiger partial charge in [-0.15, -0.1) is 0 Å². The number of alkyl halides is 3. The molecule has 0 bridgehead atoms. The third-order valence-corrected chi connectivity index (χ3v) is 3.80. The molecule has 3 aromatic rings. The molecule has 0 unspecified atom stereocenters. The number of hydrogen-bond donors (Lipinski definition) is 1. The first-order chi connectivity index (χ1) is 12.6. The molecule has 1 aromatic carbocycles. The van der Waals surface area contributed by atoms with Crippen molar-refractivity contribution >= 4 is 22.6 Å². The van der Waals surface area contributed by atoms with Crippen LogP contribution in [0.25, 0.3) is 11.0 Å². The Balaban J connectivity index is 2.09. The molecule has 2 heterocycles. The highest BCUT2D eigenvalue weighted by atomic mass is 19.4. The van der Waals surface area contributed by atoms with Crippen molar-refractivity contribution in [1.29, 1.82) is 0 Å². The quantitative estimate of drug-likeness (QED) is 0.711. The number of hydrogen-bond acceptors (Lipinski definition) is 4. The number of carbonyl (C=O) groups excluding carboxylic acids is 1.